The zero-order valence-electron chi connectivity index (χ0n) is 30.1. The largest absolute Gasteiger partial charge is 0.502 e. The van der Waals surface area contributed by atoms with Gasteiger partial charge in [0.05, 0.1) is 66.1 Å². The molecule has 0 aliphatic carbocycles. The molecule has 0 aliphatic heterocycles. The maximum Gasteiger partial charge on any atom is 0.373 e. The second kappa shape index (κ2) is 29.4. The number of ether oxygens (including phenoxy) is 8. The zero-order chi connectivity index (χ0) is 39.3. The van der Waals surface area contributed by atoms with Crippen molar-refractivity contribution in [3.8, 4) is 0 Å². The van der Waals surface area contributed by atoms with E-state index < -0.39 is 84.5 Å². The normalized spacial score (nSPS) is 15.0. The molecular weight excluding hydrogens is 696 g/mol. The lowest BCUT2D eigenvalue weighted by atomic mass is 10.0. The van der Waals surface area contributed by atoms with E-state index in [4.69, 9.17) is 37.9 Å². The van der Waals surface area contributed by atoms with Crippen LogP contribution < -0.4 is 0 Å². The number of hydrogen-bond acceptors (Lipinski definition) is 18. The Morgan fingerprint density at radius 2 is 0.654 bits per heavy atom. The quantitative estimate of drug-likeness (QED) is 0.0210. The molecule has 0 aromatic rings. The number of aliphatic hydroxyl groups is 6. The molecule has 0 amide bonds. The Labute approximate surface area is 302 Å². The van der Waals surface area contributed by atoms with Crippen molar-refractivity contribution in [1.29, 1.82) is 0 Å². The molecule has 0 aliphatic rings. The van der Waals surface area contributed by atoms with E-state index >= 15 is 0 Å². The summed E-state index contributed by atoms with van der Waals surface area (Å²) in [6.07, 6.45) is 0.596. The van der Waals surface area contributed by atoms with Crippen molar-refractivity contribution < 1.29 is 87.7 Å². The first-order chi connectivity index (χ1) is 24.9. The van der Waals surface area contributed by atoms with Crippen LogP contribution in [0.25, 0.3) is 0 Å². The van der Waals surface area contributed by atoms with Crippen molar-refractivity contribution in [2.24, 2.45) is 0 Å². The Hall–Kier alpha value is -4.20. The van der Waals surface area contributed by atoms with Gasteiger partial charge < -0.3 is 68.5 Å². The summed E-state index contributed by atoms with van der Waals surface area (Å²) in [7, 11) is 0. The van der Waals surface area contributed by atoms with Crippen molar-refractivity contribution in [3.05, 3.63) is 47.3 Å². The summed E-state index contributed by atoms with van der Waals surface area (Å²) in [6, 6.07) is 0. The first kappa shape index (κ1) is 47.8. The summed E-state index contributed by atoms with van der Waals surface area (Å²) in [4.78, 5) is 47.0. The van der Waals surface area contributed by atoms with Gasteiger partial charge in [0.2, 0.25) is 0 Å². The van der Waals surface area contributed by atoms with Crippen molar-refractivity contribution in [1.82, 2.24) is 0 Å². The van der Waals surface area contributed by atoms with Crippen molar-refractivity contribution in [2.45, 2.75) is 77.8 Å². The van der Waals surface area contributed by atoms with Gasteiger partial charge in [-0.15, -0.1) is 0 Å². The number of esters is 4. The first-order valence-electron chi connectivity index (χ1n) is 16.7. The highest BCUT2D eigenvalue weighted by Gasteiger charge is 2.38. The van der Waals surface area contributed by atoms with Crippen LogP contribution in [-0.4, -0.2) is 145 Å². The molecule has 0 heterocycles. The van der Waals surface area contributed by atoms with Crippen LogP contribution in [0.2, 0.25) is 0 Å². The SMILES string of the molecule is CC=C(O)C(=O)OCCCOC(CO)C(OCCCOC(=O)C(O)=CC)C(OCCCOC(=O)C(O)=CC)C(CO)OCCCOC(=O)C(O)=CC. The van der Waals surface area contributed by atoms with Gasteiger partial charge in [0.15, 0.2) is 23.0 Å². The Bertz CT molecular complexity index is 1090. The average Bonchev–Trinajstić information content (AvgIpc) is 3.16. The maximum atomic E-state index is 11.8. The number of allylic oxidation sites excluding steroid dienone is 4. The number of carbonyl (C=O) groups is 4. The summed E-state index contributed by atoms with van der Waals surface area (Å²) in [5.74, 6) is -6.01. The molecule has 0 saturated heterocycles. The monoisotopic (exact) mass is 750 g/mol. The fourth-order valence-electron chi connectivity index (χ4n) is 3.90. The van der Waals surface area contributed by atoms with Crippen LogP contribution in [0, 0.1) is 0 Å². The van der Waals surface area contributed by atoms with Gasteiger partial charge in [0.1, 0.15) is 24.4 Å². The molecule has 0 aromatic heterocycles. The Kier molecular flexibility index (Phi) is 27.0. The van der Waals surface area contributed by atoms with Crippen LogP contribution in [0.4, 0.5) is 0 Å². The van der Waals surface area contributed by atoms with Crippen LogP contribution in [0.15, 0.2) is 47.3 Å². The molecule has 18 heteroatoms. The molecule has 6 N–H and O–H groups in total. The minimum absolute atomic E-state index is 0.0681. The molecular formula is C34H54O18. The highest BCUT2D eigenvalue weighted by molar-refractivity contribution is 5.86. The van der Waals surface area contributed by atoms with E-state index in [0.717, 1.165) is 0 Å². The van der Waals surface area contributed by atoms with Gasteiger partial charge in [-0.25, -0.2) is 19.2 Å². The lowest BCUT2D eigenvalue weighted by molar-refractivity contribution is -0.194. The average molecular weight is 751 g/mol. The molecule has 0 bridgehead atoms. The summed E-state index contributed by atoms with van der Waals surface area (Å²) < 4.78 is 43.7. The number of rotatable bonds is 29. The third kappa shape index (κ3) is 20.0. The summed E-state index contributed by atoms with van der Waals surface area (Å²) in [5.41, 5.74) is 0. The lowest BCUT2D eigenvalue weighted by Crippen LogP contribution is -2.52. The van der Waals surface area contributed by atoms with Gasteiger partial charge in [-0.3, -0.25) is 0 Å². The molecule has 0 saturated carbocycles. The number of hydrogen-bond donors (Lipinski definition) is 6. The molecule has 0 aromatic carbocycles. The van der Waals surface area contributed by atoms with Gasteiger partial charge in [-0.2, -0.15) is 0 Å². The van der Waals surface area contributed by atoms with Crippen LogP contribution in [0.5, 0.6) is 0 Å². The van der Waals surface area contributed by atoms with E-state index in [1.165, 1.54) is 52.0 Å². The van der Waals surface area contributed by atoms with E-state index in [0.29, 0.717) is 0 Å². The first-order valence-corrected chi connectivity index (χ1v) is 16.7. The molecule has 298 valence electrons. The second-order valence-electron chi connectivity index (χ2n) is 10.5. The van der Waals surface area contributed by atoms with Gasteiger partial charge in [-0.05, 0) is 52.0 Å². The summed E-state index contributed by atoms with van der Waals surface area (Å²) >= 11 is 0. The maximum absolute atomic E-state index is 11.8. The van der Waals surface area contributed by atoms with Crippen LogP contribution in [0.3, 0.4) is 0 Å². The van der Waals surface area contributed by atoms with E-state index in [-0.39, 0.29) is 78.5 Å². The van der Waals surface area contributed by atoms with Gasteiger partial charge in [0, 0.05) is 25.7 Å². The molecule has 0 fully saturated rings. The third-order valence-corrected chi connectivity index (χ3v) is 6.72. The molecule has 4 unspecified atom stereocenters. The standard InChI is InChI=1S/C34H54O18/c1-5-23(37)31(41)49-17-9-13-45-27(21-35)29(47-15-11-19-51-33(43)25(39)7-3)30(48-16-12-20-52-34(44)26(40)8-4)28(22-36)46-14-10-18-50-32(42)24(38)6-2/h5-8,27-30,35-40H,9-22H2,1-4H3. The summed E-state index contributed by atoms with van der Waals surface area (Å²) in [6.45, 7) is 3.64. The lowest BCUT2D eigenvalue weighted by Gasteiger charge is -2.36. The minimum atomic E-state index is -1.17. The predicted octanol–water partition coefficient (Wildman–Crippen LogP) is 2.09. The molecule has 18 nitrogen and oxygen atoms in total. The Balaban J connectivity index is 5.97. The zero-order valence-corrected chi connectivity index (χ0v) is 30.1. The van der Waals surface area contributed by atoms with E-state index in [2.05, 4.69) is 0 Å². The van der Waals surface area contributed by atoms with Crippen LogP contribution in [0.1, 0.15) is 53.4 Å². The van der Waals surface area contributed by atoms with Gasteiger partial charge >= 0.3 is 23.9 Å². The highest BCUT2D eigenvalue weighted by Crippen LogP contribution is 2.20. The van der Waals surface area contributed by atoms with E-state index in [9.17, 15) is 49.8 Å². The number of carbonyl (C=O) groups excluding carboxylic acids is 4. The molecule has 0 spiro atoms. The second-order valence-corrected chi connectivity index (χ2v) is 10.5. The Morgan fingerprint density at radius 3 is 0.865 bits per heavy atom. The van der Waals surface area contributed by atoms with Gasteiger partial charge in [-0.1, -0.05) is 0 Å². The summed E-state index contributed by atoms with van der Waals surface area (Å²) in [5, 5.41) is 58.7. The van der Waals surface area contributed by atoms with Crippen LogP contribution >= 0.6 is 0 Å². The van der Waals surface area contributed by atoms with Crippen LogP contribution in [-0.2, 0) is 57.1 Å². The smallest absolute Gasteiger partial charge is 0.373 e. The number of aliphatic hydroxyl groups excluding tert-OH is 6. The van der Waals surface area contributed by atoms with E-state index in [1.54, 1.807) is 0 Å². The van der Waals surface area contributed by atoms with Crippen molar-refractivity contribution in [2.75, 3.05) is 66.1 Å². The van der Waals surface area contributed by atoms with E-state index in [1.807, 2.05) is 0 Å². The fourth-order valence-corrected chi connectivity index (χ4v) is 3.90. The van der Waals surface area contributed by atoms with Crippen molar-refractivity contribution in [3.63, 3.8) is 0 Å². The molecule has 0 rings (SSSR count). The Morgan fingerprint density at radius 1 is 0.423 bits per heavy atom. The molecule has 4 atom stereocenters. The highest BCUT2D eigenvalue weighted by atomic mass is 16.6. The minimum Gasteiger partial charge on any atom is -0.502 e. The fraction of sp³-hybridized carbons (Fsp3) is 0.647. The predicted molar refractivity (Wildman–Crippen MR) is 181 cm³/mol. The van der Waals surface area contributed by atoms with Gasteiger partial charge in [0.25, 0.3) is 0 Å². The van der Waals surface area contributed by atoms with Crippen molar-refractivity contribution >= 4 is 23.9 Å². The topological polar surface area (TPSA) is 263 Å². The third-order valence-electron chi connectivity index (χ3n) is 6.72. The molecule has 0 radical (unpaired) electrons. The molecule has 52 heavy (non-hydrogen) atoms.